The van der Waals surface area contributed by atoms with Crippen molar-refractivity contribution in [1.29, 1.82) is 5.26 Å². The van der Waals surface area contributed by atoms with Crippen molar-refractivity contribution >= 4 is 5.91 Å². The van der Waals surface area contributed by atoms with Gasteiger partial charge in [0.2, 0.25) is 5.91 Å². The van der Waals surface area contributed by atoms with Gasteiger partial charge in [0.05, 0.1) is 0 Å². The fourth-order valence-electron chi connectivity index (χ4n) is 1.23. The predicted octanol–water partition coefficient (Wildman–Crippen LogP) is 1.27. The molecule has 1 rings (SSSR count). The topological polar surface area (TPSA) is 57.8 Å². The van der Waals surface area contributed by atoms with Crippen LogP contribution < -0.4 is 5.32 Å². The van der Waals surface area contributed by atoms with Gasteiger partial charge >= 0.3 is 0 Å². The van der Waals surface area contributed by atoms with Gasteiger partial charge in [-0.25, -0.2) is 0 Å². The van der Waals surface area contributed by atoms with Crippen LogP contribution in [0.25, 0.3) is 0 Å². The minimum Gasteiger partial charge on any atom is -0.352 e. The number of aromatic nitrogens is 1. The zero-order valence-electron chi connectivity index (χ0n) is 9.03. The molecule has 1 aromatic heterocycles. The van der Waals surface area contributed by atoms with E-state index in [4.69, 9.17) is 5.26 Å². The third-order valence-corrected chi connectivity index (χ3v) is 2.28. The Kier molecular flexibility index (Phi) is 3.92. The fourth-order valence-corrected chi connectivity index (χ4v) is 1.23. The molecule has 15 heavy (non-hydrogen) atoms. The summed E-state index contributed by atoms with van der Waals surface area (Å²) < 4.78 is 1.64. The lowest BCUT2D eigenvalue weighted by molar-refractivity contribution is -0.122. The lowest BCUT2D eigenvalue weighted by atomic mass is 10.2. The van der Waals surface area contributed by atoms with E-state index in [1.807, 2.05) is 19.9 Å². The second kappa shape index (κ2) is 5.20. The Balaban J connectivity index is 2.56. The van der Waals surface area contributed by atoms with E-state index in [1.54, 1.807) is 22.9 Å². The Morgan fingerprint density at radius 3 is 3.07 bits per heavy atom. The van der Waals surface area contributed by atoms with Gasteiger partial charge in [-0.1, -0.05) is 6.92 Å². The number of hydrogen-bond donors (Lipinski definition) is 1. The quantitative estimate of drug-likeness (QED) is 0.804. The van der Waals surface area contributed by atoms with E-state index in [0.717, 1.165) is 6.42 Å². The molecule has 4 heteroatoms. The number of rotatable bonds is 4. The highest BCUT2D eigenvalue weighted by Crippen LogP contribution is 2.00. The standard InChI is InChI=1S/C11H15N3O/c1-3-9(2)13-11(15)8-14-6-4-5-10(14)7-12/h4-6,9H,3,8H2,1-2H3,(H,13,15). The lowest BCUT2D eigenvalue weighted by Gasteiger charge is -2.11. The number of hydrogen-bond acceptors (Lipinski definition) is 2. The van der Waals surface area contributed by atoms with Gasteiger partial charge in [-0.3, -0.25) is 4.79 Å². The van der Waals surface area contributed by atoms with Crippen molar-refractivity contribution in [3.8, 4) is 6.07 Å². The first kappa shape index (κ1) is 11.3. The first-order valence-electron chi connectivity index (χ1n) is 5.02. The number of amides is 1. The van der Waals surface area contributed by atoms with Gasteiger partial charge < -0.3 is 9.88 Å². The van der Waals surface area contributed by atoms with Crippen LogP contribution in [-0.4, -0.2) is 16.5 Å². The Morgan fingerprint density at radius 2 is 2.47 bits per heavy atom. The van der Waals surface area contributed by atoms with E-state index < -0.39 is 0 Å². The molecule has 0 radical (unpaired) electrons. The molecule has 1 amide bonds. The van der Waals surface area contributed by atoms with Gasteiger partial charge in [-0.2, -0.15) is 5.26 Å². The van der Waals surface area contributed by atoms with E-state index in [0.29, 0.717) is 5.69 Å². The SMILES string of the molecule is CCC(C)NC(=O)Cn1cccc1C#N. The summed E-state index contributed by atoms with van der Waals surface area (Å²) in [4.78, 5) is 11.5. The minimum atomic E-state index is -0.0583. The maximum atomic E-state index is 11.5. The Labute approximate surface area is 89.5 Å². The molecular formula is C11H15N3O. The van der Waals surface area contributed by atoms with Crippen LogP contribution in [0.15, 0.2) is 18.3 Å². The Morgan fingerprint density at radius 1 is 1.73 bits per heavy atom. The van der Waals surface area contributed by atoms with Gasteiger partial charge in [-0.05, 0) is 25.5 Å². The number of carbonyl (C=O) groups is 1. The van der Waals surface area contributed by atoms with E-state index >= 15 is 0 Å². The monoisotopic (exact) mass is 205 g/mol. The van der Waals surface area contributed by atoms with Crippen molar-refractivity contribution in [2.24, 2.45) is 0 Å². The van der Waals surface area contributed by atoms with Crippen LogP contribution >= 0.6 is 0 Å². The molecular weight excluding hydrogens is 190 g/mol. The molecule has 1 N–H and O–H groups in total. The van der Waals surface area contributed by atoms with E-state index in [2.05, 4.69) is 5.32 Å². The molecule has 0 spiro atoms. The average Bonchev–Trinajstić information content (AvgIpc) is 2.64. The molecule has 80 valence electrons. The summed E-state index contributed by atoms with van der Waals surface area (Å²) >= 11 is 0. The van der Waals surface area contributed by atoms with E-state index in [1.165, 1.54) is 0 Å². The second-order valence-electron chi connectivity index (χ2n) is 3.51. The van der Waals surface area contributed by atoms with Gasteiger partial charge in [0.15, 0.2) is 0 Å². The summed E-state index contributed by atoms with van der Waals surface area (Å²) in [6, 6.07) is 5.66. The first-order valence-corrected chi connectivity index (χ1v) is 5.02. The first-order chi connectivity index (χ1) is 7.17. The molecule has 0 aromatic carbocycles. The normalized spacial score (nSPS) is 11.8. The molecule has 0 saturated carbocycles. The minimum absolute atomic E-state index is 0.0583. The van der Waals surface area contributed by atoms with Gasteiger partial charge in [0.25, 0.3) is 0 Å². The van der Waals surface area contributed by atoms with Crippen molar-refractivity contribution in [1.82, 2.24) is 9.88 Å². The highest BCUT2D eigenvalue weighted by atomic mass is 16.2. The van der Waals surface area contributed by atoms with Crippen molar-refractivity contribution in [3.05, 3.63) is 24.0 Å². The van der Waals surface area contributed by atoms with Crippen LogP contribution in [0.2, 0.25) is 0 Å². The molecule has 0 saturated heterocycles. The molecule has 1 unspecified atom stereocenters. The van der Waals surface area contributed by atoms with Crippen molar-refractivity contribution in [3.63, 3.8) is 0 Å². The number of carbonyl (C=O) groups excluding carboxylic acids is 1. The molecule has 1 atom stereocenters. The number of nitriles is 1. The molecule has 0 aliphatic heterocycles. The fraction of sp³-hybridized carbons (Fsp3) is 0.455. The van der Waals surface area contributed by atoms with Crippen LogP contribution in [0, 0.1) is 11.3 Å². The number of nitrogens with one attached hydrogen (secondary N) is 1. The van der Waals surface area contributed by atoms with Crippen LogP contribution in [0.4, 0.5) is 0 Å². The largest absolute Gasteiger partial charge is 0.352 e. The van der Waals surface area contributed by atoms with Crippen LogP contribution in [0.1, 0.15) is 26.0 Å². The van der Waals surface area contributed by atoms with Crippen molar-refractivity contribution in [2.75, 3.05) is 0 Å². The Hall–Kier alpha value is -1.76. The van der Waals surface area contributed by atoms with Crippen molar-refractivity contribution in [2.45, 2.75) is 32.9 Å². The van der Waals surface area contributed by atoms with Gasteiger partial charge in [-0.15, -0.1) is 0 Å². The smallest absolute Gasteiger partial charge is 0.240 e. The maximum Gasteiger partial charge on any atom is 0.240 e. The third-order valence-electron chi connectivity index (χ3n) is 2.28. The van der Waals surface area contributed by atoms with Crippen LogP contribution in [0.5, 0.6) is 0 Å². The van der Waals surface area contributed by atoms with Crippen LogP contribution in [0.3, 0.4) is 0 Å². The molecule has 0 aliphatic carbocycles. The molecule has 0 fully saturated rings. The van der Waals surface area contributed by atoms with Gasteiger partial charge in [0.1, 0.15) is 18.3 Å². The van der Waals surface area contributed by atoms with E-state index in [9.17, 15) is 4.79 Å². The zero-order chi connectivity index (χ0) is 11.3. The Bertz CT molecular complexity index is 375. The second-order valence-corrected chi connectivity index (χ2v) is 3.51. The third kappa shape index (κ3) is 3.13. The molecule has 1 heterocycles. The molecule has 1 aromatic rings. The predicted molar refractivity (Wildman–Crippen MR) is 57.0 cm³/mol. The van der Waals surface area contributed by atoms with Crippen molar-refractivity contribution < 1.29 is 4.79 Å². The maximum absolute atomic E-state index is 11.5. The summed E-state index contributed by atoms with van der Waals surface area (Å²) in [5.74, 6) is -0.0583. The lowest BCUT2D eigenvalue weighted by Crippen LogP contribution is -2.34. The summed E-state index contributed by atoms with van der Waals surface area (Å²) in [6.07, 6.45) is 2.64. The zero-order valence-corrected chi connectivity index (χ0v) is 9.03. The van der Waals surface area contributed by atoms with E-state index in [-0.39, 0.29) is 18.5 Å². The highest BCUT2D eigenvalue weighted by Gasteiger charge is 2.07. The molecule has 0 bridgehead atoms. The summed E-state index contributed by atoms with van der Waals surface area (Å²) in [5.41, 5.74) is 0.509. The van der Waals surface area contributed by atoms with Crippen LogP contribution in [-0.2, 0) is 11.3 Å². The summed E-state index contributed by atoms with van der Waals surface area (Å²) in [6.45, 7) is 4.18. The van der Waals surface area contributed by atoms with Gasteiger partial charge in [0, 0.05) is 12.2 Å². The molecule has 4 nitrogen and oxygen atoms in total. The average molecular weight is 205 g/mol. The molecule has 0 aliphatic rings. The summed E-state index contributed by atoms with van der Waals surface area (Å²) in [7, 11) is 0. The summed E-state index contributed by atoms with van der Waals surface area (Å²) in [5, 5.41) is 11.6. The number of nitrogens with zero attached hydrogens (tertiary/aromatic N) is 2. The highest BCUT2D eigenvalue weighted by molar-refractivity contribution is 5.76.